The average molecular weight is 218 g/mol. The Morgan fingerprint density at radius 2 is 1.79 bits per heavy atom. The molecule has 0 amide bonds. The van der Waals surface area contributed by atoms with E-state index in [1.807, 2.05) is 0 Å². The summed E-state index contributed by atoms with van der Waals surface area (Å²) in [4.78, 5) is 0. The van der Waals surface area contributed by atoms with Gasteiger partial charge in [0.15, 0.2) is 0 Å². The molecule has 1 nitrogen and oxygen atoms in total. The number of benzene rings is 1. The number of hydrogen-bond donors (Lipinski definition) is 1. The van der Waals surface area contributed by atoms with Gasteiger partial charge in [0.2, 0.25) is 0 Å². The third-order valence-electron chi connectivity index (χ3n) is 2.49. The van der Waals surface area contributed by atoms with E-state index in [0.29, 0.717) is 12.0 Å². The topological polar surface area (TPSA) is 26.0 Å². The van der Waals surface area contributed by atoms with Crippen LogP contribution in [0.5, 0.6) is 0 Å². The van der Waals surface area contributed by atoms with E-state index in [0.717, 1.165) is 12.8 Å². The molecule has 0 radical (unpaired) electrons. The SMILES string of the molecule is NC1(Cc2cc(F)c(Cl)c(F)c2)CC1. The first-order valence-corrected chi connectivity index (χ1v) is 4.80. The van der Waals surface area contributed by atoms with Crippen LogP contribution in [-0.2, 0) is 6.42 Å². The second-order valence-corrected chi connectivity index (χ2v) is 4.29. The molecular weight excluding hydrogens is 208 g/mol. The predicted octanol–water partition coefficient (Wildman–Crippen LogP) is 2.65. The lowest BCUT2D eigenvalue weighted by atomic mass is 10.0. The van der Waals surface area contributed by atoms with Crippen molar-refractivity contribution < 1.29 is 8.78 Å². The summed E-state index contributed by atoms with van der Waals surface area (Å²) in [5.41, 5.74) is 6.17. The van der Waals surface area contributed by atoms with E-state index in [9.17, 15) is 8.78 Å². The number of rotatable bonds is 2. The van der Waals surface area contributed by atoms with Crippen LogP contribution in [0.25, 0.3) is 0 Å². The fraction of sp³-hybridized carbons (Fsp3) is 0.400. The summed E-state index contributed by atoms with van der Waals surface area (Å²) in [6.45, 7) is 0. The minimum absolute atomic E-state index is 0.243. The molecule has 1 saturated carbocycles. The zero-order valence-corrected chi connectivity index (χ0v) is 8.24. The van der Waals surface area contributed by atoms with Crippen molar-refractivity contribution >= 4 is 11.6 Å². The molecule has 1 aliphatic carbocycles. The van der Waals surface area contributed by atoms with Crippen LogP contribution < -0.4 is 5.73 Å². The minimum Gasteiger partial charge on any atom is -0.325 e. The van der Waals surface area contributed by atoms with E-state index < -0.39 is 16.7 Å². The fourth-order valence-electron chi connectivity index (χ4n) is 1.45. The summed E-state index contributed by atoms with van der Waals surface area (Å²) in [5.74, 6) is -1.43. The second-order valence-electron chi connectivity index (χ2n) is 3.91. The molecule has 1 fully saturated rings. The van der Waals surface area contributed by atoms with Crippen molar-refractivity contribution in [3.63, 3.8) is 0 Å². The largest absolute Gasteiger partial charge is 0.325 e. The van der Waals surface area contributed by atoms with Crippen LogP contribution in [0.15, 0.2) is 12.1 Å². The van der Waals surface area contributed by atoms with Crippen molar-refractivity contribution in [3.8, 4) is 0 Å². The standard InChI is InChI=1S/C10H10ClF2N/c11-9-7(12)3-6(4-8(9)13)5-10(14)1-2-10/h3-4H,1-2,5,14H2. The highest BCUT2D eigenvalue weighted by Gasteiger charge is 2.38. The van der Waals surface area contributed by atoms with Crippen molar-refractivity contribution in [1.29, 1.82) is 0 Å². The first-order valence-electron chi connectivity index (χ1n) is 4.42. The van der Waals surface area contributed by atoms with Crippen LogP contribution in [0, 0.1) is 11.6 Å². The number of halogens is 3. The molecule has 0 spiro atoms. The Morgan fingerprint density at radius 3 is 2.21 bits per heavy atom. The smallest absolute Gasteiger partial charge is 0.145 e. The Bertz CT molecular complexity index is 351. The first kappa shape index (κ1) is 9.87. The third-order valence-corrected chi connectivity index (χ3v) is 2.85. The summed E-state index contributed by atoms with van der Waals surface area (Å²) in [6, 6.07) is 2.50. The van der Waals surface area contributed by atoms with Crippen LogP contribution in [-0.4, -0.2) is 5.54 Å². The lowest BCUT2D eigenvalue weighted by Gasteiger charge is -2.09. The molecule has 2 N–H and O–H groups in total. The van der Waals surface area contributed by atoms with Crippen LogP contribution in [0.2, 0.25) is 5.02 Å². The second kappa shape index (κ2) is 3.17. The molecule has 0 heterocycles. The van der Waals surface area contributed by atoms with Gasteiger partial charge in [-0.25, -0.2) is 8.78 Å². The maximum Gasteiger partial charge on any atom is 0.145 e. The Kier molecular flexibility index (Phi) is 2.24. The van der Waals surface area contributed by atoms with E-state index in [4.69, 9.17) is 17.3 Å². The molecule has 0 aromatic heterocycles. The molecule has 14 heavy (non-hydrogen) atoms. The van der Waals surface area contributed by atoms with Gasteiger partial charge in [0.05, 0.1) is 0 Å². The molecule has 0 saturated heterocycles. The van der Waals surface area contributed by atoms with Crippen molar-refractivity contribution in [2.75, 3.05) is 0 Å². The van der Waals surface area contributed by atoms with Crippen molar-refractivity contribution in [2.45, 2.75) is 24.8 Å². The lowest BCUT2D eigenvalue weighted by Crippen LogP contribution is -2.24. The van der Waals surface area contributed by atoms with Crippen LogP contribution in [0.3, 0.4) is 0 Å². The van der Waals surface area contributed by atoms with Crippen molar-refractivity contribution in [1.82, 2.24) is 0 Å². The maximum absolute atomic E-state index is 13.0. The van der Waals surface area contributed by atoms with Crippen molar-refractivity contribution in [3.05, 3.63) is 34.4 Å². The summed E-state index contributed by atoms with van der Waals surface area (Å²) in [5, 5.41) is -0.449. The van der Waals surface area contributed by atoms with Gasteiger partial charge in [-0.15, -0.1) is 0 Å². The first-order chi connectivity index (χ1) is 6.50. The zero-order valence-electron chi connectivity index (χ0n) is 7.49. The Hall–Kier alpha value is -0.670. The van der Waals surface area contributed by atoms with E-state index in [-0.39, 0.29) is 5.54 Å². The molecular formula is C10H10ClF2N. The Morgan fingerprint density at radius 1 is 1.29 bits per heavy atom. The molecule has 0 atom stereocenters. The predicted molar refractivity (Wildman–Crippen MR) is 51.2 cm³/mol. The Balaban J connectivity index is 2.26. The van der Waals surface area contributed by atoms with Crippen LogP contribution >= 0.6 is 11.6 Å². The fourth-order valence-corrected chi connectivity index (χ4v) is 1.56. The summed E-state index contributed by atoms with van der Waals surface area (Å²) >= 11 is 5.36. The third kappa shape index (κ3) is 1.88. The maximum atomic E-state index is 13.0. The molecule has 0 unspecified atom stereocenters. The molecule has 2 rings (SSSR count). The van der Waals surface area contributed by atoms with Gasteiger partial charge >= 0.3 is 0 Å². The van der Waals surface area contributed by atoms with Crippen LogP contribution in [0.4, 0.5) is 8.78 Å². The van der Waals surface area contributed by atoms with Gasteiger partial charge in [-0.3, -0.25) is 0 Å². The number of hydrogen-bond acceptors (Lipinski definition) is 1. The van der Waals surface area contributed by atoms with Gasteiger partial charge < -0.3 is 5.73 Å². The van der Waals surface area contributed by atoms with Gasteiger partial charge in [-0.1, -0.05) is 11.6 Å². The highest BCUT2D eigenvalue weighted by Crippen LogP contribution is 2.36. The van der Waals surface area contributed by atoms with Crippen LogP contribution in [0.1, 0.15) is 18.4 Å². The molecule has 0 aliphatic heterocycles. The summed E-state index contributed by atoms with van der Waals surface area (Å²) in [6.07, 6.45) is 2.34. The average Bonchev–Trinajstić information content (AvgIpc) is 2.79. The van der Waals surface area contributed by atoms with E-state index in [2.05, 4.69) is 0 Å². The van der Waals surface area contributed by atoms with Gasteiger partial charge in [-0.05, 0) is 37.0 Å². The Labute approximate surface area is 85.9 Å². The highest BCUT2D eigenvalue weighted by molar-refractivity contribution is 6.30. The molecule has 1 aliphatic rings. The van der Waals surface area contributed by atoms with Gasteiger partial charge in [0.25, 0.3) is 0 Å². The lowest BCUT2D eigenvalue weighted by molar-refractivity contribution is 0.575. The minimum atomic E-state index is -0.717. The van der Waals surface area contributed by atoms with Gasteiger partial charge in [0, 0.05) is 5.54 Å². The normalized spacial score (nSPS) is 18.3. The highest BCUT2D eigenvalue weighted by atomic mass is 35.5. The van der Waals surface area contributed by atoms with Gasteiger partial charge in [-0.2, -0.15) is 0 Å². The molecule has 4 heteroatoms. The van der Waals surface area contributed by atoms with E-state index >= 15 is 0 Å². The molecule has 0 bridgehead atoms. The molecule has 76 valence electrons. The van der Waals surface area contributed by atoms with E-state index in [1.165, 1.54) is 12.1 Å². The summed E-state index contributed by atoms with van der Waals surface area (Å²) in [7, 11) is 0. The van der Waals surface area contributed by atoms with E-state index in [1.54, 1.807) is 0 Å². The zero-order chi connectivity index (χ0) is 10.3. The van der Waals surface area contributed by atoms with Gasteiger partial charge in [0.1, 0.15) is 16.7 Å². The summed E-state index contributed by atoms with van der Waals surface area (Å²) < 4.78 is 26.0. The van der Waals surface area contributed by atoms with Crippen molar-refractivity contribution in [2.24, 2.45) is 5.73 Å². The molecule has 1 aromatic rings. The molecule has 1 aromatic carbocycles. The quantitative estimate of drug-likeness (QED) is 0.758. The monoisotopic (exact) mass is 217 g/mol. The number of nitrogens with two attached hydrogens (primary N) is 1.